The first kappa shape index (κ1) is 26.8. The lowest BCUT2D eigenvalue weighted by Gasteiger charge is -2.28. The summed E-state index contributed by atoms with van der Waals surface area (Å²) in [6.07, 6.45) is 4.41. The van der Waals surface area contributed by atoms with Gasteiger partial charge in [-0.25, -0.2) is 8.42 Å². The van der Waals surface area contributed by atoms with Gasteiger partial charge in [0, 0.05) is 23.2 Å². The molecule has 0 bridgehead atoms. The molecule has 2 amide bonds. The number of nitrogens with one attached hydrogen (secondary N) is 1. The van der Waals surface area contributed by atoms with Crippen LogP contribution >= 0.6 is 11.3 Å². The number of thiophene rings is 1. The molecule has 3 aromatic rings. The van der Waals surface area contributed by atoms with Crippen LogP contribution in [-0.2, 0) is 25.4 Å². The monoisotopic (exact) mass is 578 g/mol. The Bertz CT molecular complexity index is 1510. The maximum atomic E-state index is 13.8. The van der Waals surface area contributed by atoms with Gasteiger partial charge in [-0.15, -0.1) is 11.3 Å². The number of ketones is 1. The second kappa shape index (κ2) is 10.9. The first-order valence-corrected chi connectivity index (χ1v) is 16.0. The van der Waals surface area contributed by atoms with Crippen LogP contribution in [0, 0.1) is 5.92 Å². The van der Waals surface area contributed by atoms with Crippen LogP contribution in [0.15, 0.2) is 66.2 Å². The summed E-state index contributed by atoms with van der Waals surface area (Å²) in [5.41, 5.74) is 1.87. The maximum Gasteiger partial charge on any atom is 0.251 e. The minimum absolute atomic E-state index is 0.259. The van der Waals surface area contributed by atoms with Gasteiger partial charge in [0.1, 0.15) is 17.8 Å². The highest BCUT2D eigenvalue weighted by Gasteiger charge is 2.54. The molecular weight excluding hydrogens is 548 g/mol. The molecule has 2 saturated heterocycles. The number of Topliss-reactive ketones (excluding diaryl/α,β-unsaturated/α-hetero) is 1. The SMILES string of the molecule is O=C(NC(CC1CC1)C(=O)N1CCC2C1C(=O)CN2S(=O)(=O)Cc1ccccn1)c1ccc(-c2cccs2)cc1. The zero-order valence-corrected chi connectivity index (χ0v) is 23.4. The summed E-state index contributed by atoms with van der Waals surface area (Å²) >= 11 is 1.62. The molecule has 3 atom stereocenters. The first-order valence-electron chi connectivity index (χ1n) is 13.5. The standard InChI is InChI=1S/C29H30N4O5S2/c34-25-17-33(40(37,38)18-22-4-1-2-13-30-22)24-12-14-32(27(24)25)29(36)23(16-19-6-7-19)31-28(35)21-10-8-20(9-11-21)26-5-3-15-39-26/h1-5,8-11,13,15,19,23-24,27H,6-7,12,14,16-18H2,(H,31,35). The number of amides is 2. The fourth-order valence-corrected chi connectivity index (χ4v) is 8.11. The van der Waals surface area contributed by atoms with E-state index in [1.54, 1.807) is 41.7 Å². The lowest BCUT2D eigenvalue weighted by molar-refractivity contribution is -0.138. The molecule has 1 saturated carbocycles. The highest BCUT2D eigenvalue weighted by atomic mass is 32.2. The van der Waals surface area contributed by atoms with Crippen molar-refractivity contribution in [1.82, 2.24) is 19.5 Å². The third-order valence-electron chi connectivity index (χ3n) is 7.90. The average Bonchev–Trinajstić information content (AvgIpc) is 3.31. The van der Waals surface area contributed by atoms with Gasteiger partial charge in [-0.2, -0.15) is 4.31 Å². The lowest BCUT2D eigenvalue weighted by atomic mass is 10.1. The highest BCUT2D eigenvalue weighted by Crippen LogP contribution is 2.36. The van der Waals surface area contributed by atoms with Gasteiger partial charge in [0.25, 0.3) is 5.91 Å². The fraction of sp³-hybridized carbons (Fsp3) is 0.379. The molecule has 3 aliphatic rings. The minimum atomic E-state index is -3.81. The van der Waals surface area contributed by atoms with Gasteiger partial charge >= 0.3 is 0 Å². The van der Waals surface area contributed by atoms with Gasteiger partial charge in [-0.05, 0) is 60.0 Å². The Morgan fingerprint density at radius 2 is 1.85 bits per heavy atom. The summed E-state index contributed by atoms with van der Waals surface area (Å²) in [7, 11) is -3.81. The third kappa shape index (κ3) is 5.45. The van der Waals surface area contributed by atoms with Gasteiger partial charge in [0.05, 0.1) is 18.3 Å². The molecule has 1 aromatic carbocycles. The predicted molar refractivity (Wildman–Crippen MR) is 151 cm³/mol. The maximum absolute atomic E-state index is 13.8. The van der Waals surface area contributed by atoms with Crippen LogP contribution in [0.4, 0.5) is 0 Å². The number of benzene rings is 1. The summed E-state index contributed by atoms with van der Waals surface area (Å²) in [4.78, 5) is 46.8. The van der Waals surface area contributed by atoms with Crippen LogP contribution < -0.4 is 5.32 Å². The first-order chi connectivity index (χ1) is 19.3. The number of aromatic nitrogens is 1. The van der Waals surface area contributed by atoms with E-state index in [1.165, 1.54) is 15.4 Å². The van der Waals surface area contributed by atoms with Crippen LogP contribution in [0.25, 0.3) is 10.4 Å². The van der Waals surface area contributed by atoms with Crippen LogP contribution in [0.1, 0.15) is 41.7 Å². The van der Waals surface area contributed by atoms with E-state index in [0.29, 0.717) is 30.0 Å². The topological polar surface area (TPSA) is 117 Å². The number of pyridine rings is 1. The number of hydrogen-bond acceptors (Lipinski definition) is 7. The molecule has 9 nitrogen and oxygen atoms in total. The van der Waals surface area contributed by atoms with E-state index < -0.39 is 28.1 Å². The predicted octanol–water partition coefficient (Wildman–Crippen LogP) is 3.09. The van der Waals surface area contributed by atoms with Crippen LogP contribution in [0.5, 0.6) is 0 Å². The van der Waals surface area contributed by atoms with Crippen molar-refractivity contribution in [3.8, 4) is 10.4 Å². The van der Waals surface area contributed by atoms with Crippen LogP contribution in [0.2, 0.25) is 0 Å². The van der Waals surface area contributed by atoms with Crippen molar-refractivity contribution in [3.63, 3.8) is 0 Å². The number of rotatable bonds is 9. The summed E-state index contributed by atoms with van der Waals surface area (Å²) < 4.78 is 27.7. The van der Waals surface area contributed by atoms with E-state index in [2.05, 4.69) is 10.3 Å². The quantitative estimate of drug-likeness (QED) is 0.417. The van der Waals surface area contributed by atoms with E-state index in [1.807, 2.05) is 29.6 Å². The Labute approximate surface area is 237 Å². The molecule has 3 fully saturated rings. The van der Waals surface area contributed by atoms with Crippen molar-refractivity contribution in [1.29, 1.82) is 0 Å². The number of sulfonamides is 1. The van der Waals surface area contributed by atoms with Crippen molar-refractivity contribution < 1.29 is 22.8 Å². The molecule has 208 valence electrons. The average molecular weight is 579 g/mol. The molecule has 2 aromatic heterocycles. The number of likely N-dealkylation sites (tertiary alicyclic amines) is 1. The highest BCUT2D eigenvalue weighted by molar-refractivity contribution is 7.88. The molecule has 0 spiro atoms. The van der Waals surface area contributed by atoms with Gasteiger partial charge in [0.15, 0.2) is 5.78 Å². The number of nitrogens with zero attached hydrogens (tertiary/aromatic N) is 3. The Morgan fingerprint density at radius 3 is 2.52 bits per heavy atom. The minimum Gasteiger partial charge on any atom is -0.340 e. The largest absolute Gasteiger partial charge is 0.340 e. The number of hydrogen-bond donors (Lipinski definition) is 1. The van der Waals surface area contributed by atoms with Crippen LogP contribution in [0.3, 0.4) is 0 Å². The summed E-state index contributed by atoms with van der Waals surface area (Å²) in [5, 5.41) is 4.92. The molecule has 6 rings (SSSR count). The third-order valence-corrected chi connectivity index (χ3v) is 10.6. The Hall–Kier alpha value is -3.41. The molecular formula is C29H30N4O5S2. The Balaban J connectivity index is 1.16. The number of carbonyl (C=O) groups excluding carboxylic acids is 3. The molecule has 0 radical (unpaired) electrons. The summed E-state index contributed by atoms with van der Waals surface area (Å²) in [5.74, 6) is -0.904. The number of carbonyl (C=O) groups is 3. The van der Waals surface area contributed by atoms with Gasteiger partial charge in [0.2, 0.25) is 15.9 Å². The molecule has 1 N–H and O–H groups in total. The normalized spacial score (nSPS) is 21.8. The lowest BCUT2D eigenvalue weighted by Crippen LogP contribution is -2.52. The van der Waals surface area contributed by atoms with Gasteiger partial charge in [-0.3, -0.25) is 19.4 Å². The number of fused-ring (bicyclic) bond motifs is 1. The fourth-order valence-electron chi connectivity index (χ4n) is 5.71. The molecule has 1 aliphatic carbocycles. The molecule has 4 heterocycles. The van der Waals surface area contributed by atoms with E-state index in [4.69, 9.17) is 0 Å². The Kier molecular flexibility index (Phi) is 7.28. The summed E-state index contributed by atoms with van der Waals surface area (Å²) in [6, 6.07) is 14.1. The van der Waals surface area contributed by atoms with E-state index in [-0.39, 0.29) is 36.4 Å². The van der Waals surface area contributed by atoms with Crippen molar-refractivity contribution in [2.45, 2.75) is 49.6 Å². The van der Waals surface area contributed by atoms with E-state index >= 15 is 0 Å². The summed E-state index contributed by atoms with van der Waals surface area (Å²) in [6.45, 7) is 0.00653. The molecule has 3 unspecified atom stereocenters. The zero-order valence-electron chi connectivity index (χ0n) is 21.8. The van der Waals surface area contributed by atoms with Crippen molar-refractivity contribution >= 4 is 39.0 Å². The second-order valence-electron chi connectivity index (χ2n) is 10.7. The molecule has 11 heteroatoms. The second-order valence-corrected chi connectivity index (χ2v) is 13.6. The smallest absolute Gasteiger partial charge is 0.251 e. The zero-order chi connectivity index (χ0) is 27.9. The van der Waals surface area contributed by atoms with Gasteiger partial charge < -0.3 is 10.2 Å². The van der Waals surface area contributed by atoms with Crippen molar-refractivity contribution in [3.05, 3.63) is 77.4 Å². The van der Waals surface area contributed by atoms with E-state index in [9.17, 15) is 22.8 Å². The Morgan fingerprint density at radius 1 is 1.05 bits per heavy atom. The molecule has 2 aliphatic heterocycles. The van der Waals surface area contributed by atoms with Crippen molar-refractivity contribution in [2.75, 3.05) is 13.1 Å². The van der Waals surface area contributed by atoms with Crippen molar-refractivity contribution in [2.24, 2.45) is 5.92 Å². The molecule has 40 heavy (non-hydrogen) atoms. The van der Waals surface area contributed by atoms with Crippen LogP contribution in [-0.4, -0.2) is 71.4 Å². The van der Waals surface area contributed by atoms with E-state index in [0.717, 1.165) is 23.3 Å². The van der Waals surface area contributed by atoms with Gasteiger partial charge in [-0.1, -0.05) is 37.1 Å².